The topological polar surface area (TPSA) is 41.4 Å². The Labute approximate surface area is 151 Å². The molecule has 1 saturated heterocycles. The van der Waals surface area contributed by atoms with Crippen LogP contribution in [0.1, 0.15) is 12.5 Å². The van der Waals surface area contributed by atoms with E-state index in [1.807, 2.05) is 12.1 Å². The number of anilines is 1. The molecule has 3 rings (SSSR count). The van der Waals surface area contributed by atoms with Crippen molar-refractivity contribution in [3.63, 3.8) is 0 Å². The second-order valence-electron chi connectivity index (χ2n) is 5.85. The third kappa shape index (κ3) is 3.74. The van der Waals surface area contributed by atoms with Gasteiger partial charge in [0.1, 0.15) is 5.02 Å². The molecule has 128 valence electrons. The second-order valence-corrected chi connectivity index (χ2v) is 6.67. The van der Waals surface area contributed by atoms with Crippen LogP contribution in [0.15, 0.2) is 35.3 Å². The first-order valence-corrected chi connectivity index (χ1v) is 8.81. The van der Waals surface area contributed by atoms with Gasteiger partial charge in [-0.3, -0.25) is 4.79 Å². The van der Waals surface area contributed by atoms with E-state index in [2.05, 4.69) is 21.8 Å². The van der Waals surface area contributed by atoms with Crippen molar-refractivity contribution in [1.29, 1.82) is 0 Å². The number of hydrogen-bond acceptors (Lipinski definition) is 4. The zero-order valence-electron chi connectivity index (χ0n) is 13.6. The number of likely N-dealkylation sites (N-methyl/N-ethyl adjacent to an activating group) is 1. The molecule has 0 saturated carbocycles. The lowest BCUT2D eigenvalue weighted by molar-refractivity contribution is 0.271. The number of nitrogens with zero attached hydrogens (tertiary/aromatic N) is 4. The fourth-order valence-electron chi connectivity index (χ4n) is 2.86. The summed E-state index contributed by atoms with van der Waals surface area (Å²) in [7, 11) is 0. The quantitative estimate of drug-likeness (QED) is 0.834. The molecular weight excluding hydrogens is 347 g/mol. The lowest BCUT2D eigenvalue weighted by atomic mass is 10.2. The van der Waals surface area contributed by atoms with E-state index in [4.69, 9.17) is 23.2 Å². The standard InChI is InChI=1S/C17H20Cl2N4O/c1-2-21-7-9-22(10-8-21)15-11-20-23(17(24)16(15)19)12-13-3-5-14(18)6-4-13/h3-6,11H,2,7-10,12H2,1H3. The molecule has 2 aromatic rings. The number of aromatic nitrogens is 2. The van der Waals surface area contributed by atoms with Gasteiger partial charge in [-0.2, -0.15) is 5.10 Å². The predicted octanol–water partition coefficient (Wildman–Crippen LogP) is 2.74. The van der Waals surface area contributed by atoms with Crippen LogP contribution >= 0.6 is 23.2 Å². The van der Waals surface area contributed by atoms with Crippen molar-refractivity contribution < 1.29 is 0 Å². The molecule has 1 aromatic heterocycles. The molecule has 0 atom stereocenters. The molecule has 0 unspecified atom stereocenters. The highest BCUT2D eigenvalue weighted by Gasteiger charge is 2.20. The first-order valence-electron chi connectivity index (χ1n) is 8.06. The molecule has 0 bridgehead atoms. The van der Waals surface area contributed by atoms with E-state index in [1.54, 1.807) is 18.3 Å². The third-order valence-corrected chi connectivity index (χ3v) is 4.98. The Hall–Kier alpha value is -1.56. The van der Waals surface area contributed by atoms with Crippen molar-refractivity contribution in [2.75, 3.05) is 37.6 Å². The largest absolute Gasteiger partial charge is 0.366 e. The van der Waals surface area contributed by atoms with E-state index < -0.39 is 0 Å². The Morgan fingerprint density at radius 3 is 2.38 bits per heavy atom. The molecule has 1 aliphatic rings. The van der Waals surface area contributed by atoms with Gasteiger partial charge in [-0.15, -0.1) is 0 Å². The molecule has 1 aliphatic heterocycles. The first-order chi connectivity index (χ1) is 11.6. The van der Waals surface area contributed by atoms with Crippen molar-refractivity contribution in [3.05, 3.63) is 56.4 Å². The highest BCUT2D eigenvalue weighted by Crippen LogP contribution is 2.22. The smallest absolute Gasteiger partial charge is 0.287 e. The first kappa shape index (κ1) is 17.3. The van der Waals surface area contributed by atoms with Gasteiger partial charge in [0, 0.05) is 31.2 Å². The van der Waals surface area contributed by atoms with Gasteiger partial charge in [-0.1, -0.05) is 42.3 Å². The molecule has 0 amide bonds. The van der Waals surface area contributed by atoms with Crippen molar-refractivity contribution in [2.24, 2.45) is 0 Å². The maximum Gasteiger partial charge on any atom is 0.287 e. The fraction of sp³-hybridized carbons (Fsp3) is 0.412. The Morgan fingerprint density at radius 2 is 1.75 bits per heavy atom. The maximum atomic E-state index is 12.5. The van der Waals surface area contributed by atoms with E-state index in [9.17, 15) is 4.79 Å². The molecule has 0 radical (unpaired) electrons. The van der Waals surface area contributed by atoms with Crippen LogP contribution in [0.2, 0.25) is 10.0 Å². The van der Waals surface area contributed by atoms with Crippen molar-refractivity contribution in [1.82, 2.24) is 14.7 Å². The van der Waals surface area contributed by atoms with Crippen LogP contribution in [0.3, 0.4) is 0 Å². The van der Waals surface area contributed by atoms with Crippen molar-refractivity contribution in [2.45, 2.75) is 13.5 Å². The zero-order chi connectivity index (χ0) is 17.1. The van der Waals surface area contributed by atoms with E-state index >= 15 is 0 Å². The Bertz CT molecular complexity index is 752. The van der Waals surface area contributed by atoms with Gasteiger partial charge >= 0.3 is 0 Å². The molecule has 5 nitrogen and oxygen atoms in total. The summed E-state index contributed by atoms with van der Waals surface area (Å²) in [5.74, 6) is 0. The highest BCUT2D eigenvalue weighted by molar-refractivity contribution is 6.33. The number of rotatable bonds is 4. The van der Waals surface area contributed by atoms with Crippen LogP contribution < -0.4 is 10.5 Å². The number of benzene rings is 1. The number of halogens is 2. The minimum Gasteiger partial charge on any atom is -0.366 e. The van der Waals surface area contributed by atoms with E-state index in [0.717, 1.165) is 44.0 Å². The van der Waals surface area contributed by atoms with Crippen molar-refractivity contribution >= 4 is 28.9 Å². The normalized spacial score (nSPS) is 15.7. The summed E-state index contributed by atoms with van der Waals surface area (Å²) in [4.78, 5) is 17.0. The zero-order valence-corrected chi connectivity index (χ0v) is 15.1. The van der Waals surface area contributed by atoms with Crippen LogP contribution in [-0.4, -0.2) is 47.4 Å². The van der Waals surface area contributed by atoms with Crippen LogP contribution in [0, 0.1) is 0 Å². The van der Waals surface area contributed by atoms with E-state index in [1.165, 1.54) is 4.68 Å². The van der Waals surface area contributed by atoms with Gasteiger partial charge in [0.25, 0.3) is 5.56 Å². The van der Waals surface area contributed by atoms with Gasteiger partial charge in [-0.25, -0.2) is 4.68 Å². The van der Waals surface area contributed by atoms with Crippen LogP contribution in [0.5, 0.6) is 0 Å². The van der Waals surface area contributed by atoms with Crippen LogP contribution in [-0.2, 0) is 6.54 Å². The average Bonchev–Trinajstić information content (AvgIpc) is 2.61. The van der Waals surface area contributed by atoms with Gasteiger partial charge in [-0.05, 0) is 24.2 Å². The van der Waals surface area contributed by atoms with Gasteiger partial charge in [0.2, 0.25) is 0 Å². The summed E-state index contributed by atoms with van der Waals surface area (Å²) in [5, 5.41) is 5.21. The summed E-state index contributed by atoms with van der Waals surface area (Å²) < 4.78 is 1.39. The number of hydrogen-bond donors (Lipinski definition) is 0. The lowest BCUT2D eigenvalue weighted by Crippen LogP contribution is -2.46. The Morgan fingerprint density at radius 1 is 1.08 bits per heavy atom. The maximum absolute atomic E-state index is 12.5. The van der Waals surface area contributed by atoms with Gasteiger partial charge in [0.05, 0.1) is 18.4 Å². The molecular formula is C17H20Cl2N4O. The highest BCUT2D eigenvalue weighted by atomic mass is 35.5. The van der Waals surface area contributed by atoms with Gasteiger partial charge < -0.3 is 9.80 Å². The average molecular weight is 367 g/mol. The molecule has 1 aromatic carbocycles. The molecule has 0 N–H and O–H groups in total. The Kier molecular flexibility index (Phi) is 5.43. The minimum atomic E-state index is -0.262. The third-order valence-electron chi connectivity index (χ3n) is 4.37. The molecule has 2 heterocycles. The molecule has 1 fully saturated rings. The number of piperazine rings is 1. The SMILES string of the molecule is CCN1CCN(c2cnn(Cc3ccc(Cl)cc3)c(=O)c2Cl)CC1. The predicted molar refractivity (Wildman–Crippen MR) is 98.4 cm³/mol. The molecule has 24 heavy (non-hydrogen) atoms. The van der Waals surface area contributed by atoms with Gasteiger partial charge in [0.15, 0.2) is 0 Å². The van der Waals surface area contributed by atoms with E-state index in [0.29, 0.717) is 11.6 Å². The summed E-state index contributed by atoms with van der Waals surface area (Å²) in [6.45, 7) is 7.23. The Balaban J connectivity index is 1.79. The molecule has 0 spiro atoms. The summed E-state index contributed by atoms with van der Waals surface area (Å²) in [6.07, 6.45) is 1.70. The molecule has 7 heteroatoms. The fourth-order valence-corrected chi connectivity index (χ4v) is 3.25. The summed E-state index contributed by atoms with van der Waals surface area (Å²) in [6, 6.07) is 7.35. The molecule has 0 aliphatic carbocycles. The lowest BCUT2D eigenvalue weighted by Gasteiger charge is -2.35. The van der Waals surface area contributed by atoms with E-state index in [-0.39, 0.29) is 10.6 Å². The summed E-state index contributed by atoms with van der Waals surface area (Å²) in [5.41, 5.74) is 1.42. The monoisotopic (exact) mass is 366 g/mol. The van der Waals surface area contributed by atoms with Crippen LogP contribution in [0.25, 0.3) is 0 Å². The minimum absolute atomic E-state index is 0.240. The summed E-state index contributed by atoms with van der Waals surface area (Å²) >= 11 is 12.2. The van der Waals surface area contributed by atoms with Crippen molar-refractivity contribution in [3.8, 4) is 0 Å². The second kappa shape index (κ2) is 7.55. The van der Waals surface area contributed by atoms with Crippen LogP contribution in [0.4, 0.5) is 5.69 Å².